The fourth-order valence-electron chi connectivity index (χ4n) is 2.88. The van der Waals surface area contributed by atoms with Crippen molar-refractivity contribution in [2.24, 2.45) is 0 Å². The van der Waals surface area contributed by atoms with E-state index in [2.05, 4.69) is 12.1 Å². The maximum absolute atomic E-state index is 10.6. The number of hydrogen-bond donors (Lipinski definition) is 1. The summed E-state index contributed by atoms with van der Waals surface area (Å²) in [7, 11) is 0. The third-order valence-corrected chi connectivity index (χ3v) is 3.71. The second-order valence-corrected chi connectivity index (χ2v) is 4.73. The van der Waals surface area contributed by atoms with Crippen LogP contribution in [-0.4, -0.2) is 5.11 Å². The molecule has 0 radical (unpaired) electrons. The van der Waals surface area contributed by atoms with Gasteiger partial charge in [0.25, 0.3) is 0 Å². The van der Waals surface area contributed by atoms with Gasteiger partial charge < -0.3 is 9.52 Å². The molecule has 92 valence electrons. The quantitative estimate of drug-likeness (QED) is 0.706. The van der Waals surface area contributed by atoms with Gasteiger partial charge in [-0.2, -0.15) is 0 Å². The number of benzene rings is 2. The molecule has 1 atom stereocenters. The van der Waals surface area contributed by atoms with Crippen molar-refractivity contribution in [3.8, 4) is 22.5 Å². The summed E-state index contributed by atoms with van der Waals surface area (Å²) in [4.78, 5) is 0. The smallest absolute Gasteiger partial charge is 0.134 e. The molecule has 0 spiro atoms. The molecule has 19 heavy (non-hydrogen) atoms. The summed E-state index contributed by atoms with van der Waals surface area (Å²) >= 11 is 0. The summed E-state index contributed by atoms with van der Waals surface area (Å²) in [6.45, 7) is 0. The Bertz CT molecular complexity index is 742. The van der Waals surface area contributed by atoms with Crippen LogP contribution in [0.5, 0.6) is 0 Å². The van der Waals surface area contributed by atoms with Gasteiger partial charge in [0.15, 0.2) is 0 Å². The fourth-order valence-corrected chi connectivity index (χ4v) is 2.88. The van der Waals surface area contributed by atoms with Crippen molar-refractivity contribution in [3.05, 3.63) is 72.0 Å². The molecule has 0 saturated carbocycles. The minimum absolute atomic E-state index is 0.576. The second-order valence-electron chi connectivity index (χ2n) is 4.73. The molecule has 1 aliphatic carbocycles. The number of rotatable bonds is 1. The van der Waals surface area contributed by atoms with E-state index in [-0.39, 0.29) is 0 Å². The molecule has 0 saturated heterocycles. The molecule has 1 aliphatic rings. The van der Waals surface area contributed by atoms with Crippen LogP contribution in [0.25, 0.3) is 22.5 Å². The third kappa shape index (κ3) is 1.41. The molecule has 4 rings (SSSR count). The Morgan fingerprint density at radius 1 is 0.789 bits per heavy atom. The summed E-state index contributed by atoms with van der Waals surface area (Å²) < 4.78 is 5.48. The molecule has 3 aromatic rings. The number of hydrogen-bond acceptors (Lipinski definition) is 2. The van der Waals surface area contributed by atoms with Crippen LogP contribution in [-0.2, 0) is 0 Å². The molecule has 0 fully saturated rings. The van der Waals surface area contributed by atoms with Gasteiger partial charge in [-0.3, -0.25) is 0 Å². The van der Waals surface area contributed by atoms with Gasteiger partial charge in [-0.1, -0.05) is 42.5 Å². The van der Waals surface area contributed by atoms with Crippen molar-refractivity contribution < 1.29 is 9.52 Å². The molecule has 1 aromatic heterocycles. The van der Waals surface area contributed by atoms with Crippen LogP contribution in [0.1, 0.15) is 17.2 Å². The van der Waals surface area contributed by atoms with Gasteiger partial charge in [-0.25, -0.2) is 0 Å². The molecule has 2 nitrogen and oxygen atoms in total. The monoisotopic (exact) mass is 248 g/mol. The standard InChI is InChI=1S/C17H12O2/c18-17-13-6-2-1-5-11(13)12-7-3-8-14(16(12)17)15-9-4-10-19-15/h1-10,17-18H. The van der Waals surface area contributed by atoms with Gasteiger partial charge in [-0.15, -0.1) is 0 Å². The highest BCUT2D eigenvalue weighted by Crippen LogP contribution is 2.47. The zero-order valence-electron chi connectivity index (χ0n) is 10.2. The Labute approximate surface area is 110 Å². The SMILES string of the molecule is OC1c2ccccc2-c2cccc(-c3ccco3)c21. The fraction of sp³-hybridized carbons (Fsp3) is 0.0588. The van der Waals surface area contributed by atoms with Crippen molar-refractivity contribution in [1.82, 2.24) is 0 Å². The first kappa shape index (κ1) is 10.6. The molecule has 1 heterocycles. The average Bonchev–Trinajstić information content (AvgIpc) is 3.08. The van der Waals surface area contributed by atoms with E-state index in [1.807, 2.05) is 42.5 Å². The van der Waals surface area contributed by atoms with E-state index in [4.69, 9.17) is 4.42 Å². The average molecular weight is 248 g/mol. The highest BCUT2D eigenvalue weighted by molar-refractivity contribution is 5.84. The van der Waals surface area contributed by atoms with E-state index in [9.17, 15) is 5.11 Å². The Kier molecular flexibility index (Phi) is 2.14. The molecular formula is C17H12O2. The van der Waals surface area contributed by atoms with E-state index >= 15 is 0 Å². The van der Waals surface area contributed by atoms with Crippen LogP contribution in [0.15, 0.2) is 65.3 Å². The summed E-state index contributed by atoms with van der Waals surface area (Å²) in [5.74, 6) is 0.795. The van der Waals surface area contributed by atoms with E-state index in [0.29, 0.717) is 0 Å². The van der Waals surface area contributed by atoms with Gasteiger partial charge in [0.1, 0.15) is 11.9 Å². The highest BCUT2D eigenvalue weighted by Gasteiger charge is 2.29. The lowest BCUT2D eigenvalue weighted by Crippen LogP contribution is -1.96. The summed E-state index contributed by atoms with van der Waals surface area (Å²) in [5, 5.41) is 10.6. The van der Waals surface area contributed by atoms with Crippen LogP contribution >= 0.6 is 0 Å². The number of aliphatic hydroxyl groups excluding tert-OH is 1. The molecule has 0 amide bonds. The van der Waals surface area contributed by atoms with Crippen molar-refractivity contribution in [2.45, 2.75) is 6.10 Å². The van der Waals surface area contributed by atoms with Crippen LogP contribution in [0.3, 0.4) is 0 Å². The van der Waals surface area contributed by atoms with Crippen LogP contribution in [0.2, 0.25) is 0 Å². The van der Waals surface area contributed by atoms with Crippen molar-refractivity contribution in [3.63, 3.8) is 0 Å². The third-order valence-electron chi connectivity index (χ3n) is 3.71. The van der Waals surface area contributed by atoms with Crippen molar-refractivity contribution in [1.29, 1.82) is 0 Å². The molecule has 2 aromatic carbocycles. The Morgan fingerprint density at radius 2 is 1.58 bits per heavy atom. The lowest BCUT2D eigenvalue weighted by molar-refractivity contribution is 0.225. The minimum Gasteiger partial charge on any atom is -0.464 e. The van der Waals surface area contributed by atoms with Gasteiger partial charge in [-0.05, 0) is 28.8 Å². The van der Waals surface area contributed by atoms with Crippen molar-refractivity contribution >= 4 is 0 Å². The zero-order chi connectivity index (χ0) is 12.8. The number of furan rings is 1. The highest BCUT2D eigenvalue weighted by atomic mass is 16.3. The molecule has 0 aliphatic heterocycles. The first-order valence-electron chi connectivity index (χ1n) is 6.30. The Balaban J connectivity index is 2.02. The summed E-state index contributed by atoms with van der Waals surface area (Å²) in [6.07, 6.45) is 1.08. The maximum atomic E-state index is 10.6. The van der Waals surface area contributed by atoms with Gasteiger partial charge in [0.05, 0.1) is 6.26 Å². The Hall–Kier alpha value is -2.32. The van der Waals surface area contributed by atoms with E-state index in [0.717, 1.165) is 33.6 Å². The largest absolute Gasteiger partial charge is 0.464 e. The summed E-state index contributed by atoms with van der Waals surface area (Å²) in [6, 6.07) is 17.8. The second kappa shape index (κ2) is 3.84. The zero-order valence-corrected chi connectivity index (χ0v) is 10.2. The van der Waals surface area contributed by atoms with Gasteiger partial charge in [0, 0.05) is 11.1 Å². The predicted molar refractivity (Wildman–Crippen MR) is 73.6 cm³/mol. The van der Waals surface area contributed by atoms with Crippen LogP contribution in [0.4, 0.5) is 0 Å². The lowest BCUT2D eigenvalue weighted by Gasteiger charge is -2.10. The van der Waals surface area contributed by atoms with Crippen LogP contribution in [0, 0.1) is 0 Å². The minimum atomic E-state index is -0.576. The maximum Gasteiger partial charge on any atom is 0.134 e. The topological polar surface area (TPSA) is 33.4 Å². The normalized spacial score (nSPS) is 16.2. The first-order valence-corrected chi connectivity index (χ1v) is 6.30. The summed E-state index contributed by atoms with van der Waals surface area (Å²) in [5.41, 5.74) is 5.08. The van der Waals surface area contributed by atoms with Crippen molar-refractivity contribution in [2.75, 3.05) is 0 Å². The van der Waals surface area contributed by atoms with E-state index < -0.39 is 6.10 Å². The van der Waals surface area contributed by atoms with E-state index in [1.165, 1.54) is 0 Å². The van der Waals surface area contributed by atoms with E-state index in [1.54, 1.807) is 6.26 Å². The molecule has 0 bridgehead atoms. The van der Waals surface area contributed by atoms with Gasteiger partial charge >= 0.3 is 0 Å². The predicted octanol–water partition coefficient (Wildman–Crippen LogP) is 4.01. The molecule has 2 heteroatoms. The van der Waals surface area contributed by atoms with Gasteiger partial charge in [0.2, 0.25) is 0 Å². The molecular weight excluding hydrogens is 236 g/mol. The number of aliphatic hydroxyl groups is 1. The first-order chi connectivity index (χ1) is 9.36. The number of fused-ring (bicyclic) bond motifs is 3. The molecule has 1 N–H and O–H groups in total. The molecule has 1 unspecified atom stereocenters. The Morgan fingerprint density at radius 3 is 2.42 bits per heavy atom. The van der Waals surface area contributed by atoms with Crippen LogP contribution < -0.4 is 0 Å². The lowest BCUT2D eigenvalue weighted by atomic mass is 9.98.